The number of non-ortho nitro benzene ring substituents is 1. The van der Waals surface area contributed by atoms with Crippen molar-refractivity contribution in [2.45, 2.75) is 25.0 Å². The Labute approximate surface area is 172 Å². The molecule has 2 heterocycles. The van der Waals surface area contributed by atoms with Gasteiger partial charge in [-0.25, -0.2) is 0 Å². The number of nitrogens with zero attached hydrogens (tertiary/aromatic N) is 2. The average molecular weight is 408 g/mol. The third-order valence-corrected chi connectivity index (χ3v) is 5.41. The molecule has 2 aliphatic rings. The summed E-state index contributed by atoms with van der Waals surface area (Å²) in [6.07, 6.45) is 1.39. The van der Waals surface area contributed by atoms with E-state index < -0.39 is 22.7 Å². The van der Waals surface area contributed by atoms with E-state index in [-0.39, 0.29) is 29.7 Å². The Balaban J connectivity index is 1.85. The van der Waals surface area contributed by atoms with Crippen molar-refractivity contribution in [3.05, 3.63) is 81.4 Å². The van der Waals surface area contributed by atoms with Crippen molar-refractivity contribution in [3.63, 3.8) is 0 Å². The summed E-state index contributed by atoms with van der Waals surface area (Å²) in [5, 5.41) is 22.2. The molecule has 2 fully saturated rings. The van der Waals surface area contributed by atoms with E-state index in [4.69, 9.17) is 4.74 Å². The van der Waals surface area contributed by atoms with Gasteiger partial charge in [-0.1, -0.05) is 42.5 Å². The molecule has 0 radical (unpaired) electrons. The number of benzene rings is 2. The molecule has 0 bridgehead atoms. The SMILES string of the molecule is O=C1C(=O)N(C[C@@H]2CCCO2)[C@@H](c2cccc([N+](=O)[O-])c2)/C1=C(\O)c1ccccc1. The molecule has 2 atom stereocenters. The van der Waals surface area contributed by atoms with Gasteiger partial charge in [0.25, 0.3) is 17.4 Å². The number of carbonyl (C=O) groups excluding carboxylic acids is 2. The molecule has 0 saturated carbocycles. The van der Waals surface area contributed by atoms with Crippen molar-refractivity contribution < 1.29 is 24.4 Å². The van der Waals surface area contributed by atoms with E-state index in [0.717, 1.165) is 12.8 Å². The molecular formula is C22H20N2O6. The second kappa shape index (κ2) is 8.08. The van der Waals surface area contributed by atoms with E-state index in [2.05, 4.69) is 0 Å². The van der Waals surface area contributed by atoms with Gasteiger partial charge >= 0.3 is 0 Å². The number of ketones is 1. The average Bonchev–Trinajstić information content (AvgIpc) is 3.36. The maximum absolute atomic E-state index is 12.9. The number of rotatable bonds is 5. The van der Waals surface area contributed by atoms with E-state index in [1.165, 1.54) is 23.1 Å². The van der Waals surface area contributed by atoms with E-state index in [9.17, 15) is 24.8 Å². The van der Waals surface area contributed by atoms with Crippen LogP contribution in [0.15, 0.2) is 60.2 Å². The fraction of sp³-hybridized carbons (Fsp3) is 0.273. The molecule has 30 heavy (non-hydrogen) atoms. The van der Waals surface area contributed by atoms with Crippen molar-refractivity contribution in [1.29, 1.82) is 0 Å². The van der Waals surface area contributed by atoms with Gasteiger partial charge in [0.2, 0.25) is 0 Å². The predicted octanol–water partition coefficient (Wildman–Crippen LogP) is 3.20. The molecule has 0 spiro atoms. The Morgan fingerprint density at radius 1 is 1.17 bits per heavy atom. The van der Waals surface area contributed by atoms with Crippen LogP contribution in [0.25, 0.3) is 5.76 Å². The molecule has 8 nitrogen and oxygen atoms in total. The lowest BCUT2D eigenvalue weighted by atomic mass is 9.95. The summed E-state index contributed by atoms with van der Waals surface area (Å²) in [6.45, 7) is 0.754. The van der Waals surface area contributed by atoms with Crippen molar-refractivity contribution in [2.75, 3.05) is 13.2 Å². The summed E-state index contributed by atoms with van der Waals surface area (Å²) in [5.74, 6) is -1.87. The van der Waals surface area contributed by atoms with Crippen molar-refractivity contribution in [2.24, 2.45) is 0 Å². The Hall–Kier alpha value is -3.52. The monoisotopic (exact) mass is 408 g/mol. The molecule has 0 aliphatic carbocycles. The normalized spacial score (nSPS) is 23.1. The first kappa shape index (κ1) is 19.8. The van der Waals surface area contributed by atoms with Crippen LogP contribution in [-0.4, -0.2) is 45.9 Å². The maximum atomic E-state index is 12.9. The van der Waals surface area contributed by atoms with Gasteiger partial charge in [0.15, 0.2) is 0 Å². The molecular weight excluding hydrogens is 388 g/mol. The number of aliphatic hydroxyl groups excluding tert-OH is 1. The minimum absolute atomic E-state index is 0.0790. The number of likely N-dealkylation sites (tertiary alicyclic amines) is 1. The van der Waals surface area contributed by atoms with Gasteiger partial charge < -0.3 is 14.7 Å². The van der Waals surface area contributed by atoms with Crippen LogP contribution in [0.3, 0.4) is 0 Å². The Bertz CT molecular complexity index is 1030. The highest BCUT2D eigenvalue weighted by Gasteiger charge is 2.47. The lowest BCUT2D eigenvalue weighted by Gasteiger charge is -2.27. The smallest absolute Gasteiger partial charge is 0.295 e. The topological polar surface area (TPSA) is 110 Å². The second-order valence-corrected chi connectivity index (χ2v) is 7.30. The van der Waals surface area contributed by atoms with Crippen LogP contribution in [-0.2, 0) is 14.3 Å². The van der Waals surface area contributed by atoms with E-state index >= 15 is 0 Å². The Morgan fingerprint density at radius 2 is 1.93 bits per heavy atom. The molecule has 0 unspecified atom stereocenters. The van der Waals surface area contributed by atoms with Gasteiger partial charge in [-0.3, -0.25) is 19.7 Å². The standard InChI is InChI=1S/C22H20N2O6/c25-20(14-6-2-1-3-7-14)18-19(15-8-4-9-16(12-15)24(28)29)23(22(27)21(18)26)13-17-10-5-11-30-17/h1-4,6-9,12,17,19,25H,5,10-11,13H2/b20-18+/t17-,19-/m0/s1. The summed E-state index contributed by atoms with van der Waals surface area (Å²) in [5.41, 5.74) is 0.543. The maximum Gasteiger partial charge on any atom is 0.295 e. The van der Waals surface area contributed by atoms with Crippen molar-refractivity contribution in [3.8, 4) is 0 Å². The third kappa shape index (κ3) is 3.57. The largest absolute Gasteiger partial charge is 0.507 e. The van der Waals surface area contributed by atoms with E-state index in [1.807, 2.05) is 0 Å². The van der Waals surface area contributed by atoms with Crippen LogP contribution >= 0.6 is 0 Å². The quantitative estimate of drug-likeness (QED) is 0.267. The van der Waals surface area contributed by atoms with Crippen LogP contribution in [0.4, 0.5) is 5.69 Å². The highest BCUT2D eigenvalue weighted by atomic mass is 16.6. The van der Waals surface area contributed by atoms with E-state index in [0.29, 0.717) is 17.7 Å². The summed E-state index contributed by atoms with van der Waals surface area (Å²) in [4.78, 5) is 37.9. The number of hydrogen-bond acceptors (Lipinski definition) is 6. The summed E-state index contributed by atoms with van der Waals surface area (Å²) in [6, 6.07) is 13.3. The first-order valence-electron chi connectivity index (χ1n) is 9.67. The molecule has 0 aromatic heterocycles. The lowest BCUT2D eigenvalue weighted by molar-refractivity contribution is -0.384. The number of carbonyl (C=O) groups is 2. The van der Waals surface area contributed by atoms with Crippen LogP contribution in [0.1, 0.15) is 30.0 Å². The van der Waals surface area contributed by atoms with Gasteiger partial charge in [0, 0.05) is 30.8 Å². The number of nitro benzene ring substituents is 1. The third-order valence-electron chi connectivity index (χ3n) is 5.41. The summed E-state index contributed by atoms with van der Waals surface area (Å²) in [7, 11) is 0. The van der Waals surface area contributed by atoms with Crippen LogP contribution in [0.2, 0.25) is 0 Å². The zero-order valence-corrected chi connectivity index (χ0v) is 16.1. The summed E-state index contributed by atoms with van der Waals surface area (Å²) >= 11 is 0. The van der Waals surface area contributed by atoms with Gasteiger partial charge in [-0.15, -0.1) is 0 Å². The molecule has 4 rings (SSSR count). The minimum Gasteiger partial charge on any atom is -0.507 e. The number of amides is 1. The Kier molecular flexibility index (Phi) is 5.33. The number of nitro groups is 1. The lowest BCUT2D eigenvalue weighted by Crippen LogP contribution is -2.36. The van der Waals surface area contributed by atoms with Gasteiger partial charge in [0.1, 0.15) is 5.76 Å². The first-order chi connectivity index (χ1) is 14.5. The number of ether oxygens (including phenoxy) is 1. The highest BCUT2D eigenvalue weighted by molar-refractivity contribution is 6.46. The summed E-state index contributed by atoms with van der Waals surface area (Å²) < 4.78 is 5.63. The number of Topliss-reactive ketones (excluding diaryl/α,β-unsaturated/α-hetero) is 1. The number of hydrogen-bond donors (Lipinski definition) is 1. The fourth-order valence-corrected chi connectivity index (χ4v) is 3.98. The molecule has 1 amide bonds. The van der Waals surface area contributed by atoms with Crippen LogP contribution in [0.5, 0.6) is 0 Å². The minimum atomic E-state index is -0.936. The van der Waals surface area contributed by atoms with E-state index in [1.54, 1.807) is 36.4 Å². The number of aliphatic hydroxyl groups is 1. The predicted molar refractivity (Wildman–Crippen MR) is 108 cm³/mol. The highest BCUT2D eigenvalue weighted by Crippen LogP contribution is 2.40. The van der Waals surface area contributed by atoms with Crippen LogP contribution in [0, 0.1) is 10.1 Å². The van der Waals surface area contributed by atoms with Gasteiger partial charge in [0.05, 0.1) is 22.6 Å². The van der Waals surface area contributed by atoms with Gasteiger partial charge in [-0.2, -0.15) is 0 Å². The van der Waals surface area contributed by atoms with Crippen molar-refractivity contribution >= 4 is 23.1 Å². The Morgan fingerprint density at radius 3 is 2.60 bits per heavy atom. The second-order valence-electron chi connectivity index (χ2n) is 7.30. The van der Waals surface area contributed by atoms with Gasteiger partial charge in [-0.05, 0) is 18.4 Å². The molecule has 2 aromatic carbocycles. The fourth-order valence-electron chi connectivity index (χ4n) is 3.98. The zero-order valence-electron chi connectivity index (χ0n) is 16.1. The molecule has 1 N–H and O–H groups in total. The molecule has 154 valence electrons. The molecule has 2 aliphatic heterocycles. The first-order valence-corrected chi connectivity index (χ1v) is 9.67. The zero-order chi connectivity index (χ0) is 21.3. The van der Waals surface area contributed by atoms with Crippen molar-refractivity contribution in [1.82, 2.24) is 4.90 Å². The molecule has 2 saturated heterocycles. The molecule has 8 heteroatoms. The molecule has 2 aromatic rings. The van der Waals surface area contributed by atoms with Crippen LogP contribution < -0.4 is 0 Å².